The number of non-ortho nitro benzene ring substituents is 1. The lowest BCUT2D eigenvalue weighted by Crippen LogP contribution is -2.25. The molecule has 112 valence electrons. The van der Waals surface area contributed by atoms with E-state index in [1.54, 1.807) is 0 Å². The van der Waals surface area contributed by atoms with Crippen molar-refractivity contribution in [2.24, 2.45) is 0 Å². The molecular weight excluding hydrogens is 280 g/mol. The molecule has 8 nitrogen and oxygen atoms in total. The SMILES string of the molecule is C=CCOC(=O)c1cc(C(=O)N(C)OC)cc([N+](=O)[O-])c1. The highest BCUT2D eigenvalue weighted by molar-refractivity contribution is 5.98. The van der Waals surface area contributed by atoms with E-state index in [9.17, 15) is 19.7 Å². The first-order chi connectivity index (χ1) is 9.90. The minimum atomic E-state index is -0.785. The van der Waals surface area contributed by atoms with Gasteiger partial charge in [0.05, 0.1) is 17.6 Å². The number of nitro groups is 1. The molecule has 21 heavy (non-hydrogen) atoms. The summed E-state index contributed by atoms with van der Waals surface area (Å²) in [6, 6.07) is 3.30. The van der Waals surface area contributed by atoms with E-state index < -0.39 is 22.5 Å². The summed E-state index contributed by atoms with van der Waals surface area (Å²) in [6.45, 7) is 3.35. The number of hydroxylamine groups is 2. The van der Waals surface area contributed by atoms with E-state index in [0.717, 1.165) is 17.2 Å². The Hall–Kier alpha value is -2.74. The predicted octanol–water partition coefficient (Wildman–Crippen LogP) is 1.57. The lowest BCUT2D eigenvalue weighted by atomic mass is 10.1. The Labute approximate surface area is 120 Å². The van der Waals surface area contributed by atoms with Gasteiger partial charge in [-0.15, -0.1) is 0 Å². The molecule has 0 saturated carbocycles. The molecule has 0 bridgehead atoms. The predicted molar refractivity (Wildman–Crippen MR) is 72.7 cm³/mol. The van der Waals surface area contributed by atoms with Crippen molar-refractivity contribution in [1.29, 1.82) is 0 Å². The molecule has 8 heteroatoms. The zero-order chi connectivity index (χ0) is 16.0. The Kier molecular flexibility index (Phi) is 5.56. The summed E-state index contributed by atoms with van der Waals surface area (Å²) in [5.41, 5.74) is -0.547. The number of rotatable bonds is 6. The van der Waals surface area contributed by atoms with Gasteiger partial charge < -0.3 is 4.74 Å². The van der Waals surface area contributed by atoms with Crippen molar-refractivity contribution in [1.82, 2.24) is 5.06 Å². The van der Waals surface area contributed by atoms with Crippen LogP contribution in [0.4, 0.5) is 5.69 Å². The van der Waals surface area contributed by atoms with Crippen LogP contribution in [0.25, 0.3) is 0 Å². The molecule has 0 aromatic heterocycles. The molecule has 0 saturated heterocycles. The Morgan fingerprint density at radius 3 is 2.52 bits per heavy atom. The summed E-state index contributed by atoms with van der Waals surface area (Å²) in [4.78, 5) is 38.6. The van der Waals surface area contributed by atoms with Crippen LogP contribution in [-0.2, 0) is 9.57 Å². The molecule has 0 aliphatic heterocycles. The minimum absolute atomic E-state index is 0.0389. The molecule has 0 unspecified atom stereocenters. The standard InChI is InChI=1S/C13H14N2O6/c1-4-5-21-13(17)10-6-9(12(16)14(2)20-3)7-11(8-10)15(18)19/h4,6-8H,1,5H2,2-3H3. The van der Waals surface area contributed by atoms with Crippen molar-refractivity contribution in [3.05, 3.63) is 52.1 Å². The fourth-order valence-electron chi connectivity index (χ4n) is 1.44. The summed E-state index contributed by atoms with van der Waals surface area (Å²) in [5.74, 6) is -1.41. The van der Waals surface area contributed by atoms with Gasteiger partial charge in [-0.3, -0.25) is 19.7 Å². The van der Waals surface area contributed by atoms with Crippen molar-refractivity contribution in [2.45, 2.75) is 0 Å². The second-order valence-electron chi connectivity index (χ2n) is 3.90. The van der Waals surface area contributed by atoms with E-state index in [2.05, 4.69) is 6.58 Å². The van der Waals surface area contributed by atoms with E-state index in [-0.39, 0.29) is 17.7 Å². The van der Waals surface area contributed by atoms with Crippen LogP contribution in [0.3, 0.4) is 0 Å². The van der Waals surface area contributed by atoms with Gasteiger partial charge in [-0.05, 0) is 6.07 Å². The lowest BCUT2D eigenvalue weighted by Gasteiger charge is -2.14. The molecule has 0 heterocycles. The molecule has 0 spiro atoms. The normalized spacial score (nSPS) is 9.81. The highest BCUT2D eigenvalue weighted by Gasteiger charge is 2.20. The number of amides is 1. The smallest absolute Gasteiger partial charge is 0.338 e. The maximum absolute atomic E-state index is 11.9. The molecule has 0 atom stereocenters. The van der Waals surface area contributed by atoms with E-state index in [1.807, 2.05) is 0 Å². The van der Waals surface area contributed by atoms with Crippen molar-refractivity contribution >= 4 is 17.6 Å². The zero-order valence-electron chi connectivity index (χ0n) is 11.6. The lowest BCUT2D eigenvalue weighted by molar-refractivity contribution is -0.384. The molecule has 1 aromatic carbocycles. The topological polar surface area (TPSA) is 99.0 Å². The second-order valence-corrected chi connectivity index (χ2v) is 3.90. The van der Waals surface area contributed by atoms with Crippen LogP contribution in [0.2, 0.25) is 0 Å². The fourth-order valence-corrected chi connectivity index (χ4v) is 1.44. The van der Waals surface area contributed by atoms with Gasteiger partial charge >= 0.3 is 5.97 Å². The summed E-state index contributed by atoms with van der Waals surface area (Å²) in [6.07, 6.45) is 1.36. The van der Waals surface area contributed by atoms with Gasteiger partial charge in [-0.1, -0.05) is 12.7 Å². The molecule has 0 fully saturated rings. The first kappa shape index (κ1) is 16.3. The van der Waals surface area contributed by atoms with Gasteiger partial charge in [0.2, 0.25) is 0 Å². The summed E-state index contributed by atoms with van der Waals surface area (Å²) in [5, 5.41) is 11.8. The number of nitro benzene ring substituents is 1. The second kappa shape index (κ2) is 7.15. The van der Waals surface area contributed by atoms with Gasteiger partial charge in [-0.25, -0.2) is 9.86 Å². The number of carbonyl (C=O) groups excluding carboxylic acids is 2. The molecular formula is C13H14N2O6. The zero-order valence-corrected chi connectivity index (χ0v) is 11.6. The molecule has 0 N–H and O–H groups in total. The number of hydrogen-bond donors (Lipinski definition) is 0. The third kappa shape index (κ3) is 4.11. The Morgan fingerprint density at radius 2 is 2.00 bits per heavy atom. The van der Waals surface area contributed by atoms with Crippen molar-refractivity contribution in [2.75, 3.05) is 20.8 Å². The van der Waals surface area contributed by atoms with Crippen LogP contribution in [0, 0.1) is 10.1 Å². The summed E-state index contributed by atoms with van der Waals surface area (Å²) < 4.78 is 4.80. The van der Waals surface area contributed by atoms with E-state index in [0.29, 0.717) is 0 Å². The van der Waals surface area contributed by atoms with Crippen LogP contribution in [0.5, 0.6) is 0 Å². The summed E-state index contributed by atoms with van der Waals surface area (Å²) >= 11 is 0. The highest BCUT2D eigenvalue weighted by Crippen LogP contribution is 2.19. The van der Waals surface area contributed by atoms with Gasteiger partial charge in [0.15, 0.2) is 0 Å². The van der Waals surface area contributed by atoms with Crippen LogP contribution in [-0.4, -0.2) is 42.6 Å². The monoisotopic (exact) mass is 294 g/mol. The van der Waals surface area contributed by atoms with Crippen molar-refractivity contribution in [3.8, 4) is 0 Å². The van der Waals surface area contributed by atoms with Crippen LogP contribution >= 0.6 is 0 Å². The van der Waals surface area contributed by atoms with Crippen LogP contribution in [0.1, 0.15) is 20.7 Å². The van der Waals surface area contributed by atoms with E-state index >= 15 is 0 Å². The summed E-state index contributed by atoms with van der Waals surface area (Å²) in [7, 11) is 2.62. The molecule has 0 aliphatic rings. The largest absolute Gasteiger partial charge is 0.458 e. The van der Waals surface area contributed by atoms with Crippen LogP contribution in [0.15, 0.2) is 30.9 Å². The average molecular weight is 294 g/mol. The van der Waals surface area contributed by atoms with Crippen molar-refractivity contribution < 1.29 is 24.1 Å². The number of benzene rings is 1. The third-order valence-electron chi connectivity index (χ3n) is 2.50. The Bertz CT molecular complexity index is 584. The van der Waals surface area contributed by atoms with Gasteiger partial charge in [0.1, 0.15) is 6.61 Å². The van der Waals surface area contributed by atoms with E-state index in [4.69, 9.17) is 9.57 Å². The van der Waals surface area contributed by atoms with E-state index in [1.165, 1.54) is 26.3 Å². The first-order valence-corrected chi connectivity index (χ1v) is 5.80. The quantitative estimate of drug-likeness (QED) is 0.342. The number of esters is 1. The Morgan fingerprint density at radius 1 is 1.38 bits per heavy atom. The van der Waals surface area contributed by atoms with Crippen molar-refractivity contribution in [3.63, 3.8) is 0 Å². The molecule has 0 aliphatic carbocycles. The molecule has 1 amide bonds. The number of hydrogen-bond acceptors (Lipinski definition) is 6. The fraction of sp³-hybridized carbons (Fsp3) is 0.231. The average Bonchev–Trinajstić information content (AvgIpc) is 2.50. The first-order valence-electron chi connectivity index (χ1n) is 5.80. The third-order valence-corrected chi connectivity index (χ3v) is 2.50. The minimum Gasteiger partial charge on any atom is -0.458 e. The number of ether oxygens (including phenoxy) is 1. The molecule has 1 rings (SSSR count). The maximum Gasteiger partial charge on any atom is 0.338 e. The van der Waals surface area contributed by atoms with Gasteiger partial charge in [0.25, 0.3) is 11.6 Å². The number of carbonyl (C=O) groups is 2. The molecule has 0 radical (unpaired) electrons. The Balaban J connectivity index is 3.23. The van der Waals surface area contributed by atoms with Gasteiger partial charge in [0, 0.05) is 24.7 Å². The number of nitrogens with zero attached hydrogens (tertiary/aromatic N) is 2. The maximum atomic E-state index is 11.9. The molecule has 1 aromatic rings. The highest BCUT2D eigenvalue weighted by atomic mass is 16.7. The van der Waals surface area contributed by atoms with Crippen LogP contribution < -0.4 is 0 Å². The van der Waals surface area contributed by atoms with Gasteiger partial charge in [-0.2, -0.15) is 0 Å².